The Balaban J connectivity index is 1.80. The zero-order chi connectivity index (χ0) is 12.4. The summed E-state index contributed by atoms with van der Waals surface area (Å²) in [5, 5.41) is 0.438. The number of rotatable bonds is 1. The minimum atomic E-state index is 0.111. The summed E-state index contributed by atoms with van der Waals surface area (Å²) < 4.78 is 5.50. The van der Waals surface area contributed by atoms with Gasteiger partial charge in [-0.1, -0.05) is 0 Å². The van der Waals surface area contributed by atoms with Gasteiger partial charge >= 0.3 is 0 Å². The highest BCUT2D eigenvalue weighted by Gasteiger charge is 2.37. The van der Waals surface area contributed by atoms with Crippen LogP contribution in [-0.2, 0) is 4.74 Å². The van der Waals surface area contributed by atoms with Crippen LogP contribution in [0.15, 0.2) is 24.5 Å². The topological polar surface area (TPSA) is 42.4 Å². The van der Waals surface area contributed by atoms with Gasteiger partial charge in [0.1, 0.15) is 0 Å². The second-order valence-corrected chi connectivity index (χ2v) is 5.93. The molecule has 96 valence electrons. The molecule has 18 heavy (non-hydrogen) atoms. The number of hydrogen-bond acceptors (Lipinski definition) is 4. The molecule has 0 saturated carbocycles. The van der Waals surface area contributed by atoms with Crippen LogP contribution in [0.1, 0.15) is 16.8 Å². The van der Waals surface area contributed by atoms with Crippen LogP contribution in [0.4, 0.5) is 0 Å². The van der Waals surface area contributed by atoms with E-state index in [4.69, 9.17) is 4.74 Å². The van der Waals surface area contributed by atoms with E-state index in [1.54, 1.807) is 12.4 Å². The number of pyridine rings is 1. The minimum absolute atomic E-state index is 0.111. The third-order valence-corrected chi connectivity index (χ3v) is 4.80. The molecule has 2 atom stereocenters. The number of hydrogen-bond donors (Lipinski definition) is 0. The highest BCUT2D eigenvalue weighted by atomic mass is 32.2. The van der Waals surface area contributed by atoms with Crippen molar-refractivity contribution in [2.75, 3.05) is 25.5 Å². The second kappa shape index (κ2) is 5.28. The second-order valence-electron chi connectivity index (χ2n) is 4.58. The number of aromatic nitrogens is 1. The van der Waals surface area contributed by atoms with Gasteiger partial charge in [0.25, 0.3) is 5.91 Å². The van der Waals surface area contributed by atoms with E-state index in [1.165, 1.54) is 0 Å². The van der Waals surface area contributed by atoms with E-state index >= 15 is 0 Å². The van der Waals surface area contributed by atoms with Crippen molar-refractivity contribution < 1.29 is 9.53 Å². The predicted octanol–water partition coefficient (Wildman–Crippen LogP) is 1.43. The third-order valence-electron chi connectivity index (χ3n) is 3.50. The molecule has 3 rings (SSSR count). The number of thioether (sulfide) groups is 1. The molecule has 2 fully saturated rings. The average molecular weight is 264 g/mol. The van der Waals surface area contributed by atoms with Gasteiger partial charge in [0, 0.05) is 42.6 Å². The van der Waals surface area contributed by atoms with Crippen molar-refractivity contribution in [3.63, 3.8) is 0 Å². The molecule has 2 aliphatic heterocycles. The standard InChI is InChI=1S/C13H16N2O2S/c16-13(10-2-1-4-14-8-10)15-5-7-18-12-9-17-6-3-11(12)15/h1-2,4,8,11-12H,3,5-7,9H2. The zero-order valence-corrected chi connectivity index (χ0v) is 10.9. The van der Waals surface area contributed by atoms with Gasteiger partial charge in [-0.15, -0.1) is 0 Å². The molecule has 5 heteroatoms. The van der Waals surface area contributed by atoms with Crippen LogP contribution in [0.2, 0.25) is 0 Å². The van der Waals surface area contributed by atoms with Crippen molar-refractivity contribution in [1.82, 2.24) is 9.88 Å². The summed E-state index contributed by atoms with van der Waals surface area (Å²) in [7, 11) is 0. The van der Waals surface area contributed by atoms with Gasteiger partial charge in [-0.2, -0.15) is 11.8 Å². The Hall–Kier alpha value is -1.07. The smallest absolute Gasteiger partial charge is 0.255 e. The van der Waals surface area contributed by atoms with Gasteiger partial charge in [-0.25, -0.2) is 0 Å². The highest BCUT2D eigenvalue weighted by Crippen LogP contribution is 2.30. The van der Waals surface area contributed by atoms with Crippen LogP contribution in [0.3, 0.4) is 0 Å². The van der Waals surface area contributed by atoms with Gasteiger partial charge in [0.2, 0.25) is 0 Å². The number of ether oxygens (including phenoxy) is 1. The molecule has 2 saturated heterocycles. The number of carbonyl (C=O) groups is 1. The van der Waals surface area contributed by atoms with Crippen LogP contribution < -0.4 is 0 Å². The Kier molecular flexibility index (Phi) is 3.52. The molecule has 1 amide bonds. The Morgan fingerprint density at radius 3 is 3.33 bits per heavy atom. The summed E-state index contributed by atoms with van der Waals surface area (Å²) in [6, 6.07) is 3.98. The van der Waals surface area contributed by atoms with Gasteiger partial charge in [-0.3, -0.25) is 9.78 Å². The first-order valence-electron chi connectivity index (χ1n) is 6.26. The first kappa shape index (κ1) is 12.0. The molecule has 0 bridgehead atoms. The minimum Gasteiger partial charge on any atom is -0.380 e. The molecule has 0 N–H and O–H groups in total. The lowest BCUT2D eigenvalue weighted by atomic mass is 10.0. The molecule has 1 aromatic rings. The van der Waals surface area contributed by atoms with Crippen LogP contribution in [0.25, 0.3) is 0 Å². The predicted molar refractivity (Wildman–Crippen MR) is 70.7 cm³/mol. The Bertz CT molecular complexity index is 424. The maximum absolute atomic E-state index is 12.5. The SMILES string of the molecule is O=C(c1cccnc1)N1CCSC2COCCC21. The molecule has 3 heterocycles. The van der Waals surface area contributed by atoms with Crippen molar-refractivity contribution in [2.45, 2.75) is 17.7 Å². The van der Waals surface area contributed by atoms with Crippen molar-refractivity contribution in [1.29, 1.82) is 0 Å². The average Bonchev–Trinajstić information content (AvgIpc) is 2.47. The van der Waals surface area contributed by atoms with Gasteiger partial charge < -0.3 is 9.64 Å². The number of nitrogens with zero attached hydrogens (tertiary/aromatic N) is 2. The van der Waals surface area contributed by atoms with E-state index in [9.17, 15) is 4.79 Å². The fourth-order valence-corrected chi connectivity index (χ4v) is 3.89. The molecule has 2 unspecified atom stereocenters. The summed E-state index contributed by atoms with van der Waals surface area (Å²) in [4.78, 5) is 18.5. The van der Waals surface area contributed by atoms with Crippen LogP contribution in [-0.4, -0.2) is 52.6 Å². The largest absolute Gasteiger partial charge is 0.380 e. The lowest BCUT2D eigenvalue weighted by Crippen LogP contribution is -2.54. The monoisotopic (exact) mass is 264 g/mol. The van der Waals surface area contributed by atoms with Crippen molar-refractivity contribution in [3.8, 4) is 0 Å². The zero-order valence-electron chi connectivity index (χ0n) is 10.1. The summed E-state index contributed by atoms with van der Waals surface area (Å²) in [6.45, 7) is 2.37. The Morgan fingerprint density at radius 2 is 2.50 bits per heavy atom. The molecule has 2 aliphatic rings. The molecule has 0 aliphatic carbocycles. The lowest BCUT2D eigenvalue weighted by molar-refractivity contribution is 0.0319. The summed E-state index contributed by atoms with van der Waals surface area (Å²) in [5.74, 6) is 1.11. The van der Waals surface area contributed by atoms with E-state index in [0.717, 1.165) is 31.9 Å². The van der Waals surface area contributed by atoms with Crippen molar-refractivity contribution >= 4 is 17.7 Å². The third kappa shape index (κ3) is 2.24. The van der Waals surface area contributed by atoms with E-state index < -0.39 is 0 Å². The first-order valence-corrected chi connectivity index (χ1v) is 7.31. The normalized spacial score (nSPS) is 27.7. The number of amides is 1. The number of fused-ring (bicyclic) bond motifs is 1. The molecule has 4 nitrogen and oxygen atoms in total. The summed E-state index contributed by atoms with van der Waals surface area (Å²) in [5.41, 5.74) is 0.689. The van der Waals surface area contributed by atoms with Gasteiger partial charge in [-0.05, 0) is 18.6 Å². The van der Waals surface area contributed by atoms with Crippen molar-refractivity contribution in [3.05, 3.63) is 30.1 Å². The highest BCUT2D eigenvalue weighted by molar-refractivity contribution is 8.00. The fraction of sp³-hybridized carbons (Fsp3) is 0.538. The van der Waals surface area contributed by atoms with Crippen LogP contribution in [0.5, 0.6) is 0 Å². The molecule has 0 radical (unpaired) electrons. The quantitative estimate of drug-likeness (QED) is 0.769. The van der Waals surface area contributed by atoms with Gasteiger partial charge in [0.15, 0.2) is 0 Å². The van der Waals surface area contributed by atoms with E-state index in [-0.39, 0.29) is 5.91 Å². The van der Waals surface area contributed by atoms with E-state index in [1.807, 2.05) is 28.8 Å². The van der Waals surface area contributed by atoms with Crippen LogP contribution in [0, 0.1) is 0 Å². The van der Waals surface area contributed by atoms with E-state index in [2.05, 4.69) is 4.98 Å². The summed E-state index contributed by atoms with van der Waals surface area (Å²) >= 11 is 1.93. The van der Waals surface area contributed by atoms with Crippen molar-refractivity contribution in [2.24, 2.45) is 0 Å². The maximum Gasteiger partial charge on any atom is 0.255 e. The number of carbonyl (C=O) groups excluding carboxylic acids is 1. The molecule has 0 aromatic carbocycles. The van der Waals surface area contributed by atoms with Gasteiger partial charge in [0.05, 0.1) is 12.2 Å². The van der Waals surface area contributed by atoms with E-state index in [0.29, 0.717) is 16.9 Å². The fourth-order valence-electron chi connectivity index (χ4n) is 2.59. The molecule has 1 aromatic heterocycles. The first-order chi connectivity index (χ1) is 8.86. The lowest BCUT2D eigenvalue weighted by Gasteiger charge is -2.43. The summed E-state index contributed by atoms with van der Waals surface area (Å²) in [6.07, 6.45) is 4.29. The molecule has 0 spiro atoms. The van der Waals surface area contributed by atoms with Crippen LogP contribution >= 0.6 is 11.8 Å². The Labute approximate surface area is 111 Å². The molecular formula is C13H16N2O2S. The molecular weight excluding hydrogens is 248 g/mol. The maximum atomic E-state index is 12.5. The Morgan fingerprint density at radius 1 is 1.56 bits per heavy atom.